The van der Waals surface area contributed by atoms with Crippen LogP contribution in [0.2, 0.25) is 5.02 Å². The van der Waals surface area contributed by atoms with Gasteiger partial charge < -0.3 is 14.8 Å². The van der Waals surface area contributed by atoms with Gasteiger partial charge in [0, 0.05) is 6.42 Å². The number of rotatable bonds is 2. The second kappa shape index (κ2) is 4.75. The maximum atomic E-state index is 6.24. The Hall–Kier alpha value is -0.930. The summed E-state index contributed by atoms with van der Waals surface area (Å²) in [6.07, 6.45) is 1.97. The largest absolute Gasteiger partial charge is 0.489 e. The highest BCUT2D eigenvalue weighted by atomic mass is 35.5. The van der Waals surface area contributed by atoms with Gasteiger partial charge in [-0.15, -0.1) is 0 Å². The monoisotopic (exact) mass is 253 g/mol. The fourth-order valence-electron chi connectivity index (χ4n) is 2.23. The Bertz CT molecular complexity index is 418. The first-order valence-corrected chi connectivity index (χ1v) is 6.49. The molecule has 92 valence electrons. The highest BCUT2D eigenvalue weighted by Gasteiger charge is 2.20. The zero-order chi connectivity index (χ0) is 11.7. The number of benzene rings is 1. The van der Waals surface area contributed by atoms with Gasteiger partial charge in [-0.3, -0.25) is 0 Å². The van der Waals surface area contributed by atoms with Crippen LogP contribution in [-0.4, -0.2) is 26.3 Å². The molecule has 3 nitrogen and oxygen atoms in total. The molecule has 1 aromatic rings. The van der Waals surface area contributed by atoms with Crippen LogP contribution >= 0.6 is 11.6 Å². The standard InChI is InChI=1S/C13H16ClNO2/c14-11-5-9(4-10-7-15-8-10)6-12-13(11)17-3-1-2-16-12/h5-6,10,15H,1-4,7-8H2. The molecule has 2 heterocycles. The summed E-state index contributed by atoms with van der Waals surface area (Å²) in [6.45, 7) is 3.59. The van der Waals surface area contributed by atoms with Gasteiger partial charge in [0.15, 0.2) is 11.5 Å². The van der Waals surface area contributed by atoms with Crippen LogP contribution in [0, 0.1) is 5.92 Å². The molecule has 1 N–H and O–H groups in total. The molecule has 2 aliphatic heterocycles. The molecule has 0 saturated carbocycles. The second-order valence-electron chi connectivity index (χ2n) is 4.68. The van der Waals surface area contributed by atoms with E-state index in [9.17, 15) is 0 Å². The summed E-state index contributed by atoms with van der Waals surface area (Å²) in [5.74, 6) is 2.24. The summed E-state index contributed by atoms with van der Waals surface area (Å²) in [5.41, 5.74) is 1.24. The van der Waals surface area contributed by atoms with E-state index in [4.69, 9.17) is 21.1 Å². The topological polar surface area (TPSA) is 30.5 Å². The van der Waals surface area contributed by atoms with E-state index in [2.05, 4.69) is 11.4 Å². The van der Waals surface area contributed by atoms with Crippen LogP contribution in [0.15, 0.2) is 12.1 Å². The van der Waals surface area contributed by atoms with Crippen molar-refractivity contribution in [2.45, 2.75) is 12.8 Å². The first kappa shape index (κ1) is 11.2. The molecular weight excluding hydrogens is 238 g/mol. The maximum absolute atomic E-state index is 6.24. The minimum atomic E-state index is 0.673. The van der Waals surface area contributed by atoms with Crippen molar-refractivity contribution in [3.05, 3.63) is 22.7 Å². The molecule has 1 aromatic carbocycles. The van der Waals surface area contributed by atoms with Crippen molar-refractivity contribution in [2.24, 2.45) is 5.92 Å². The number of halogens is 1. The molecule has 0 aromatic heterocycles. The molecule has 1 saturated heterocycles. The third kappa shape index (κ3) is 2.35. The molecule has 3 rings (SSSR count). The van der Waals surface area contributed by atoms with Gasteiger partial charge in [-0.25, -0.2) is 0 Å². The summed E-state index contributed by atoms with van der Waals surface area (Å²) >= 11 is 6.24. The van der Waals surface area contributed by atoms with Crippen LogP contribution in [-0.2, 0) is 6.42 Å². The molecule has 0 atom stereocenters. The molecule has 0 spiro atoms. The van der Waals surface area contributed by atoms with Crippen molar-refractivity contribution in [2.75, 3.05) is 26.3 Å². The minimum absolute atomic E-state index is 0.673. The summed E-state index contributed by atoms with van der Waals surface area (Å²) < 4.78 is 11.3. The fraction of sp³-hybridized carbons (Fsp3) is 0.538. The van der Waals surface area contributed by atoms with Crippen LogP contribution in [0.1, 0.15) is 12.0 Å². The normalized spacial score (nSPS) is 19.6. The number of hydrogen-bond donors (Lipinski definition) is 1. The van der Waals surface area contributed by atoms with E-state index < -0.39 is 0 Å². The van der Waals surface area contributed by atoms with E-state index in [0.717, 1.165) is 37.6 Å². The van der Waals surface area contributed by atoms with Crippen LogP contribution in [0.3, 0.4) is 0 Å². The second-order valence-corrected chi connectivity index (χ2v) is 5.09. The third-order valence-corrected chi connectivity index (χ3v) is 3.53. The molecule has 4 heteroatoms. The molecule has 0 bridgehead atoms. The van der Waals surface area contributed by atoms with Gasteiger partial charge >= 0.3 is 0 Å². The van der Waals surface area contributed by atoms with Crippen molar-refractivity contribution < 1.29 is 9.47 Å². The number of hydrogen-bond acceptors (Lipinski definition) is 3. The molecule has 0 amide bonds. The van der Waals surface area contributed by atoms with Crippen molar-refractivity contribution in [1.82, 2.24) is 5.32 Å². The smallest absolute Gasteiger partial charge is 0.179 e. The Kier molecular flexibility index (Phi) is 3.12. The van der Waals surface area contributed by atoms with Crippen molar-refractivity contribution in [3.8, 4) is 11.5 Å². The molecule has 17 heavy (non-hydrogen) atoms. The summed E-state index contributed by atoms with van der Waals surface area (Å²) in [7, 11) is 0. The highest BCUT2D eigenvalue weighted by Crippen LogP contribution is 2.38. The van der Waals surface area contributed by atoms with Gasteiger partial charge in [0.25, 0.3) is 0 Å². The predicted molar refractivity (Wildman–Crippen MR) is 67.1 cm³/mol. The Labute approximate surface area is 106 Å². The molecule has 0 aliphatic carbocycles. The number of ether oxygens (including phenoxy) is 2. The SMILES string of the molecule is Clc1cc(CC2CNC2)cc2c1OCCCO2. The summed E-state index contributed by atoms with van der Waals surface area (Å²) in [4.78, 5) is 0. The van der Waals surface area contributed by atoms with E-state index in [1.54, 1.807) is 0 Å². The highest BCUT2D eigenvalue weighted by molar-refractivity contribution is 6.32. The van der Waals surface area contributed by atoms with E-state index in [1.165, 1.54) is 5.56 Å². The lowest BCUT2D eigenvalue weighted by atomic mass is 9.94. The average Bonchev–Trinajstić information content (AvgIpc) is 2.49. The van der Waals surface area contributed by atoms with Crippen molar-refractivity contribution in [1.29, 1.82) is 0 Å². The molecular formula is C13H16ClNO2. The molecule has 2 aliphatic rings. The molecule has 0 unspecified atom stereocenters. The fourth-order valence-corrected chi connectivity index (χ4v) is 2.52. The van der Waals surface area contributed by atoms with Crippen molar-refractivity contribution >= 4 is 11.6 Å². The molecule has 1 fully saturated rings. The summed E-state index contributed by atoms with van der Waals surface area (Å²) in [5, 5.41) is 3.95. The van der Waals surface area contributed by atoms with Gasteiger partial charge in [-0.05, 0) is 43.1 Å². The first-order valence-electron chi connectivity index (χ1n) is 6.11. The lowest BCUT2D eigenvalue weighted by Gasteiger charge is -2.27. The predicted octanol–water partition coefficient (Wildman–Crippen LogP) is 2.26. The Morgan fingerprint density at radius 2 is 2.06 bits per heavy atom. The number of nitrogens with one attached hydrogen (secondary N) is 1. The van der Waals surface area contributed by atoms with Crippen LogP contribution < -0.4 is 14.8 Å². The van der Waals surface area contributed by atoms with Crippen molar-refractivity contribution in [3.63, 3.8) is 0 Å². The average molecular weight is 254 g/mol. The van der Waals surface area contributed by atoms with E-state index >= 15 is 0 Å². The lowest BCUT2D eigenvalue weighted by molar-refractivity contribution is 0.297. The van der Waals surface area contributed by atoms with Gasteiger partial charge in [0.2, 0.25) is 0 Å². The number of fused-ring (bicyclic) bond motifs is 1. The molecule has 0 radical (unpaired) electrons. The van der Waals surface area contributed by atoms with Crippen LogP contribution in [0.4, 0.5) is 0 Å². The van der Waals surface area contributed by atoms with Crippen LogP contribution in [0.25, 0.3) is 0 Å². The van der Waals surface area contributed by atoms with Gasteiger partial charge in [0.1, 0.15) is 0 Å². The minimum Gasteiger partial charge on any atom is -0.489 e. The van der Waals surface area contributed by atoms with E-state index in [0.29, 0.717) is 24.0 Å². The summed E-state index contributed by atoms with van der Waals surface area (Å²) in [6, 6.07) is 4.08. The van der Waals surface area contributed by atoms with E-state index in [1.807, 2.05) is 6.07 Å². The Morgan fingerprint density at radius 3 is 2.82 bits per heavy atom. The van der Waals surface area contributed by atoms with E-state index in [-0.39, 0.29) is 0 Å². The maximum Gasteiger partial charge on any atom is 0.179 e. The zero-order valence-electron chi connectivity index (χ0n) is 9.67. The third-order valence-electron chi connectivity index (χ3n) is 3.25. The van der Waals surface area contributed by atoms with Gasteiger partial charge in [-0.2, -0.15) is 0 Å². The Balaban J connectivity index is 1.85. The first-order chi connectivity index (χ1) is 8.33. The lowest BCUT2D eigenvalue weighted by Crippen LogP contribution is -2.43. The quantitative estimate of drug-likeness (QED) is 0.877. The van der Waals surface area contributed by atoms with Crippen LogP contribution in [0.5, 0.6) is 11.5 Å². The van der Waals surface area contributed by atoms with Gasteiger partial charge in [0.05, 0.1) is 18.2 Å². The zero-order valence-corrected chi connectivity index (χ0v) is 10.4. The Morgan fingerprint density at radius 1 is 1.24 bits per heavy atom. The van der Waals surface area contributed by atoms with Gasteiger partial charge in [-0.1, -0.05) is 11.6 Å².